The summed E-state index contributed by atoms with van der Waals surface area (Å²) in [7, 11) is 0. The minimum absolute atomic E-state index is 0.305. The van der Waals surface area contributed by atoms with Gasteiger partial charge in [0.2, 0.25) is 0 Å². The summed E-state index contributed by atoms with van der Waals surface area (Å²) in [5, 5.41) is 4.17. The Morgan fingerprint density at radius 1 is 1.00 bits per heavy atom. The molecule has 0 fully saturated rings. The molecule has 1 N–H and O–H groups in total. The highest BCUT2D eigenvalue weighted by molar-refractivity contribution is 6.44. The van der Waals surface area contributed by atoms with Gasteiger partial charge in [-0.25, -0.2) is 4.79 Å². The highest BCUT2D eigenvalue weighted by Crippen LogP contribution is 2.18. The smallest absolute Gasteiger partial charge is 0.359 e. The Morgan fingerprint density at radius 2 is 1.74 bits per heavy atom. The van der Waals surface area contributed by atoms with Crippen molar-refractivity contribution in [3.05, 3.63) is 65.7 Å². The number of anilines is 1. The number of hydrogen-bond donors (Lipinski definition) is 1. The number of carbonyl (C=O) groups is 1. The Labute approximate surface area is 110 Å². The molecule has 1 aliphatic heterocycles. The predicted molar refractivity (Wildman–Crippen MR) is 72.8 cm³/mol. The molecule has 4 heteroatoms. The maximum absolute atomic E-state index is 11.8. The van der Waals surface area contributed by atoms with Crippen LogP contribution in [0.4, 0.5) is 5.69 Å². The zero-order valence-corrected chi connectivity index (χ0v) is 10.2. The van der Waals surface area contributed by atoms with Crippen molar-refractivity contribution in [1.82, 2.24) is 0 Å². The fourth-order valence-electron chi connectivity index (χ4n) is 1.94. The number of rotatable bonds is 2. The van der Waals surface area contributed by atoms with Gasteiger partial charge in [-0.15, -0.1) is 0 Å². The van der Waals surface area contributed by atoms with Crippen LogP contribution < -0.4 is 5.43 Å². The molecule has 1 aliphatic rings. The number of benzene rings is 2. The van der Waals surface area contributed by atoms with E-state index in [2.05, 4.69) is 10.5 Å². The third-order valence-electron chi connectivity index (χ3n) is 2.90. The first kappa shape index (κ1) is 11.5. The summed E-state index contributed by atoms with van der Waals surface area (Å²) in [6.07, 6.45) is 0. The van der Waals surface area contributed by atoms with Crippen LogP contribution in [0.5, 0.6) is 0 Å². The van der Waals surface area contributed by atoms with Gasteiger partial charge in [0.25, 0.3) is 0 Å². The average molecular weight is 252 g/mol. The molecule has 0 spiro atoms. The summed E-state index contributed by atoms with van der Waals surface area (Å²) in [6, 6.07) is 17.1. The number of cyclic esters (lactones) is 1. The Kier molecular flexibility index (Phi) is 2.98. The molecule has 2 aromatic carbocycles. The molecular formula is C15H12N2O2. The molecule has 94 valence electrons. The van der Waals surface area contributed by atoms with Crippen LogP contribution in [0.15, 0.2) is 59.7 Å². The van der Waals surface area contributed by atoms with Gasteiger partial charge < -0.3 is 4.74 Å². The van der Waals surface area contributed by atoms with E-state index < -0.39 is 5.97 Å². The molecule has 0 aliphatic carbocycles. The van der Waals surface area contributed by atoms with E-state index in [-0.39, 0.29) is 0 Å². The van der Waals surface area contributed by atoms with E-state index in [0.29, 0.717) is 12.3 Å². The predicted octanol–water partition coefficient (Wildman–Crippen LogP) is 2.56. The van der Waals surface area contributed by atoms with Crippen LogP contribution in [0.2, 0.25) is 0 Å². The van der Waals surface area contributed by atoms with Crippen LogP contribution >= 0.6 is 0 Å². The minimum atomic E-state index is -0.401. The Hall–Kier alpha value is -2.62. The van der Waals surface area contributed by atoms with Gasteiger partial charge in [-0.3, -0.25) is 5.43 Å². The molecule has 0 unspecified atom stereocenters. The van der Waals surface area contributed by atoms with E-state index >= 15 is 0 Å². The molecule has 0 bridgehead atoms. The van der Waals surface area contributed by atoms with E-state index in [1.807, 2.05) is 54.6 Å². The molecule has 0 aromatic heterocycles. The van der Waals surface area contributed by atoms with Crippen molar-refractivity contribution in [3.63, 3.8) is 0 Å². The Balaban J connectivity index is 1.93. The second-order valence-electron chi connectivity index (χ2n) is 4.17. The van der Waals surface area contributed by atoms with Crippen LogP contribution in [-0.2, 0) is 16.1 Å². The zero-order valence-electron chi connectivity index (χ0n) is 10.2. The first-order valence-electron chi connectivity index (χ1n) is 5.99. The maximum Gasteiger partial charge on any atom is 0.359 e. The van der Waals surface area contributed by atoms with Gasteiger partial charge >= 0.3 is 5.97 Å². The molecule has 0 saturated carbocycles. The van der Waals surface area contributed by atoms with Crippen LogP contribution in [0, 0.1) is 0 Å². The standard InChI is InChI=1S/C15H12N2O2/c18-15-14(17-16-12-7-2-1-3-8-12)13-9-5-4-6-11(13)10-19-15/h1-9,16H,10H2/b17-14+. The second kappa shape index (κ2) is 4.94. The first-order valence-corrected chi connectivity index (χ1v) is 5.99. The third-order valence-corrected chi connectivity index (χ3v) is 2.90. The molecule has 3 rings (SSSR count). The molecule has 0 atom stereocenters. The SMILES string of the molecule is O=C1OCc2ccccc2/C1=N\Nc1ccccc1. The van der Waals surface area contributed by atoms with E-state index in [0.717, 1.165) is 16.8 Å². The largest absolute Gasteiger partial charge is 0.456 e. The summed E-state index contributed by atoms with van der Waals surface area (Å²) in [5.41, 5.74) is 5.80. The molecule has 1 heterocycles. The lowest BCUT2D eigenvalue weighted by Crippen LogP contribution is -2.26. The lowest BCUT2D eigenvalue weighted by molar-refractivity contribution is -0.137. The van der Waals surface area contributed by atoms with Gasteiger partial charge in [0.05, 0.1) is 5.69 Å². The van der Waals surface area contributed by atoms with Gasteiger partial charge in [-0.1, -0.05) is 42.5 Å². The number of nitrogens with one attached hydrogen (secondary N) is 1. The monoisotopic (exact) mass is 252 g/mol. The van der Waals surface area contributed by atoms with E-state index in [9.17, 15) is 4.79 Å². The van der Waals surface area contributed by atoms with Gasteiger partial charge in [0.15, 0.2) is 5.71 Å². The Morgan fingerprint density at radius 3 is 2.58 bits per heavy atom. The number of nitrogens with zero attached hydrogens (tertiary/aromatic N) is 1. The minimum Gasteiger partial charge on any atom is -0.456 e. The van der Waals surface area contributed by atoms with Gasteiger partial charge in [0.1, 0.15) is 6.61 Å². The van der Waals surface area contributed by atoms with Crippen molar-refractivity contribution in [2.45, 2.75) is 6.61 Å². The summed E-state index contributed by atoms with van der Waals surface area (Å²) in [4.78, 5) is 11.8. The summed E-state index contributed by atoms with van der Waals surface area (Å²) in [6.45, 7) is 0.305. The van der Waals surface area contributed by atoms with E-state index in [1.165, 1.54) is 0 Å². The van der Waals surface area contributed by atoms with E-state index in [1.54, 1.807) is 0 Å². The lowest BCUT2D eigenvalue weighted by Gasteiger charge is -2.17. The van der Waals surface area contributed by atoms with Crippen molar-refractivity contribution in [2.24, 2.45) is 5.10 Å². The van der Waals surface area contributed by atoms with Crippen molar-refractivity contribution < 1.29 is 9.53 Å². The fraction of sp³-hybridized carbons (Fsp3) is 0.0667. The number of hydrazone groups is 1. The van der Waals surface area contributed by atoms with Crippen molar-refractivity contribution in [1.29, 1.82) is 0 Å². The summed E-state index contributed by atoms with van der Waals surface area (Å²) < 4.78 is 5.10. The van der Waals surface area contributed by atoms with Crippen LogP contribution in [0.1, 0.15) is 11.1 Å². The van der Waals surface area contributed by atoms with Crippen molar-refractivity contribution in [2.75, 3.05) is 5.43 Å². The lowest BCUT2D eigenvalue weighted by atomic mass is 10.0. The number of hydrogen-bond acceptors (Lipinski definition) is 4. The number of esters is 1. The van der Waals surface area contributed by atoms with Crippen molar-refractivity contribution >= 4 is 17.4 Å². The molecule has 0 amide bonds. The van der Waals surface area contributed by atoms with Crippen LogP contribution in [0.25, 0.3) is 0 Å². The Bertz CT molecular complexity index is 636. The molecule has 2 aromatic rings. The third kappa shape index (κ3) is 2.33. The van der Waals surface area contributed by atoms with Crippen molar-refractivity contribution in [3.8, 4) is 0 Å². The molecule has 4 nitrogen and oxygen atoms in total. The van der Waals surface area contributed by atoms with Gasteiger partial charge in [-0.05, 0) is 17.7 Å². The normalized spacial score (nSPS) is 15.8. The van der Waals surface area contributed by atoms with Crippen LogP contribution in [0.3, 0.4) is 0 Å². The van der Waals surface area contributed by atoms with E-state index in [4.69, 9.17) is 4.74 Å². The number of ether oxygens (including phenoxy) is 1. The summed E-state index contributed by atoms with van der Waals surface area (Å²) in [5.74, 6) is -0.401. The molecular weight excluding hydrogens is 240 g/mol. The van der Waals surface area contributed by atoms with Gasteiger partial charge in [-0.2, -0.15) is 5.10 Å². The number of para-hydroxylation sites is 1. The van der Waals surface area contributed by atoms with Crippen LogP contribution in [-0.4, -0.2) is 11.7 Å². The summed E-state index contributed by atoms with van der Waals surface area (Å²) >= 11 is 0. The fourth-order valence-corrected chi connectivity index (χ4v) is 1.94. The second-order valence-corrected chi connectivity index (χ2v) is 4.17. The highest BCUT2D eigenvalue weighted by atomic mass is 16.5. The quantitative estimate of drug-likeness (QED) is 0.660. The molecule has 19 heavy (non-hydrogen) atoms. The first-order chi connectivity index (χ1) is 9.34. The topological polar surface area (TPSA) is 50.7 Å². The molecule has 0 radical (unpaired) electrons. The van der Waals surface area contributed by atoms with Gasteiger partial charge in [0, 0.05) is 5.56 Å². The number of fused-ring (bicyclic) bond motifs is 1. The maximum atomic E-state index is 11.8. The zero-order chi connectivity index (χ0) is 13.1. The number of carbonyl (C=O) groups excluding carboxylic acids is 1. The molecule has 0 saturated heterocycles. The average Bonchev–Trinajstić information content (AvgIpc) is 2.47. The highest BCUT2D eigenvalue weighted by Gasteiger charge is 2.24.